The van der Waals surface area contributed by atoms with Crippen molar-refractivity contribution in [1.29, 1.82) is 0 Å². The van der Waals surface area contributed by atoms with Gasteiger partial charge in [-0.1, -0.05) is 19.3 Å². The van der Waals surface area contributed by atoms with Crippen molar-refractivity contribution in [2.45, 2.75) is 62.8 Å². The largest absolute Gasteiger partial charge is 0.401 e. The van der Waals surface area contributed by atoms with Crippen molar-refractivity contribution in [3.8, 4) is 0 Å². The molecule has 0 aromatic rings. The van der Waals surface area contributed by atoms with E-state index in [0.717, 1.165) is 32.1 Å². The summed E-state index contributed by atoms with van der Waals surface area (Å²) >= 11 is 0. The molecule has 2 saturated carbocycles. The first kappa shape index (κ1) is 13.1. The topological polar surface area (TPSA) is 32.3 Å². The van der Waals surface area contributed by atoms with Gasteiger partial charge in [0.05, 0.1) is 12.1 Å². The van der Waals surface area contributed by atoms with Gasteiger partial charge in [0.25, 0.3) is 0 Å². The maximum absolute atomic E-state index is 12.2. The molecule has 0 aliphatic heterocycles. The van der Waals surface area contributed by atoms with E-state index in [1.165, 1.54) is 0 Å². The maximum atomic E-state index is 12.2. The van der Waals surface area contributed by atoms with Gasteiger partial charge in [0.1, 0.15) is 0 Å². The summed E-state index contributed by atoms with van der Waals surface area (Å²) < 4.78 is 36.6. The molecule has 2 fully saturated rings. The Labute approximate surface area is 99.6 Å². The highest BCUT2D eigenvalue weighted by Gasteiger charge is 2.47. The molecule has 0 heterocycles. The van der Waals surface area contributed by atoms with Gasteiger partial charge in [-0.2, -0.15) is 13.2 Å². The molecule has 5 heteroatoms. The van der Waals surface area contributed by atoms with E-state index in [4.69, 9.17) is 0 Å². The zero-order valence-corrected chi connectivity index (χ0v) is 9.89. The van der Waals surface area contributed by atoms with Crippen LogP contribution in [0.2, 0.25) is 0 Å². The van der Waals surface area contributed by atoms with Crippen LogP contribution in [0.5, 0.6) is 0 Å². The molecule has 2 aliphatic carbocycles. The third-order valence-corrected chi connectivity index (χ3v) is 4.28. The highest BCUT2D eigenvalue weighted by atomic mass is 19.4. The average Bonchev–Trinajstić information content (AvgIpc) is 2.24. The van der Waals surface area contributed by atoms with Crippen molar-refractivity contribution >= 4 is 0 Å². The minimum atomic E-state index is -4.20. The van der Waals surface area contributed by atoms with Crippen molar-refractivity contribution in [1.82, 2.24) is 5.32 Å². The van der Waals surface area contributed by atoms with Gasteiger partial charge in [-0.25, -0.2) is 0 Å². The highest BCUT2D eigenvalue weighted by Crippen LogP contribution is 2.43. The molecular weight excluding hydrogens is 231 g/mol. The number of hydrogen-bond donors (Lipinski definition) is 2. The molecule has 17 heavy (non-hydrogen) atoms. The molecule has 2 N–H and O–H groups in total. The highest BCUT2D eigenvalue weighted by molar-refractivity contribution is 5.02. The van der Waals surface area contributed by atoms with E-state index in [-0.39, 0.29) is 12.0 Å². The number of hydrogen-bond acceptors (Lipinski definition) is 2. The number of alkyl halides is 3. The normalized spacial score (nSPS) is 38.8. The number of fused-ring (bicyclic) bond motifs is 1. The lowest BCUT2D eigenvalue weighted by atomic mass is 9.65. The van der Waals surface area contributed by atoms with Crippen LogP contribution in [0.1, 0.15) is 44.9 Å². The third-order valence-electron chi connectivity index (χ3n) is 4.28. The molecule has 2 nitrogen and oxygen atoms in total. The quantitative estimate of drug-likeness (QED) is 0.790. The van der Waals surface area contributed by atoms with Crippen LogP contribution < -0.4 is 5.32 Å². The molecule has 2 aliphatic rings. The first-order chi connectivity index (χ1) is 7.92. The van der Waals surface area contributed by atoms with Crippen LogP contribution in [0.4, 0.5) is 13.2 Å². The van der Waals surface area contributed by atoms with Crippen molar-refractivity contribution < 1.29 is 18.3 Å². The fraction of sp³-hybridized carbons (Fsp3) is 1.00. The Kier molecular flexibility index (Phi) is 3.69. The van der Waals surface area contributed by atoms with Gasteiger partial charge in [0, 0.05) is 6.04 Å². The Bertz CT molecular complexity index is 267. The van der Waals surface area contributed by atoms with Crippen LogP contribution >= 0.6 is 0 Å². The van der Waals surface area contributed by atoms with E-state index in [1.54, 1.807) is 0 Å². The first-order valence-electron chi connectivity index (χ1n) is 6.44. The predicted molar refractivity (Wildman–Crippen MR) is 58.6 cm³/mol. The molecular formula is C12H20F3NO. The summed E-state index contributed by atoms with van der Waals surface area (Å²) in [5.41, 5.74) is -0.901. The standard InChI is InChI=1S/C12H20F3NO/c13-12(14,15)8-16-10-6-3-5-9-4-1-2-7-11(9,10)17/h9-10,16-17H,1-8H2/t9-,10?,11-/m1/s1. The lowest BCUT2D eigenvalue weighted by Gasteiger charge is -2.49. The van der Waals surface area contributed by atoms with E-state index in [1.807, 2.05) is 0 Å². The van der Waals surface area contributed by atoms with Gasteiger partial charge in [0.15, 0.2) is 0 Å². The number of nitrogens with one attached hydrogen (secondary N) is 1. The molecule has 100 valence electrons. The van der Waals surface area contributed by atoms with Gasteiger partial charge in [-0.3, -0.25) is 0 Å². The molecule has 0 aromatic heterocycles. The van der Waals surface area contributed by atoms with E-state index in [9.17, 15) is 18.3 Å². The smallest absolute Gasteiger partial charge is 0.388 e. The minimum Gasteiger partial charge on any atom is -0.388 e. The fourth-order valence-corrected chi connectivity index (χ4v) is 3.44. The van der Waals surface area contributed by atoms with Crippen LogP contribution in [-0.4, -0.2) is 29.5 Å². The van der Waals surface area contributed by atoms with Gasteiger partial charge in [-0.15, -0.1) is 0 Å². The average molecular weight is 251 g/mol. The number of rotatable bonds is 2. The van der Waals surface area contributed by atoms with Crippen molar-refractivity contribution in [2.24, 2.45) is 5.92 Å². The minimum absolute atomic E-state index is 0.190. The van der Waals surface area contributed by atoms with Gasteiger partial charge in [-0.05, 0) is 31.6 Å². The third kappa shape index (κ3) is 2.94. The molecule has 3 atom stereocenters. The fourth-order valence-electron chi connectivity index (χ4n) is 3.44. The molecule has 0 saturated heterocycles. The second-order valence-electron chi connectivity index (χ2n) is 5.41. The van der Waals surface area contributed by atoms with Crippen LogP contribution in [0.15, 0.2) is 0 Å². The molecule has 0 bridgehead atoms. The van der Waals surface area contributed by atoms with Crippen molar-refractivity contribution in [2.75, 3.05) is 6.54 Å². The summed E-state index contributed by atoms with van der Waals surface area (Å²) in [6.45, 7) is -0.993. The van der Waals surface area contributed by atoms with Crippen LogP contribution in [0.25, 0.3) is 0 Å². The summed E-state index contributed by atoms with van der Waals surface area (Å²) in [6, 6.07) is -0.386. The van der Waals surface area contributed by atoms with Crippen LogP contribution in [0, 0.1) is 5.92 Å². The predicted octanol–water partition coefficient (Wildman–Crippen LogP) is 2.61. The van der Waals surface area contributed by atoms with Crippen molar-refractivity contribution in [3.05, 3.63) is 0 Å². The zero-order chi connectivity index (χ0) is 12.5. The van der Waals surface area contributed by atoms with Crippen molar-refractivity contribution in [3.63, 3.8) is 0 Å². The Balaban J connectivity index is 2.00. The monoisotopic (exact) mass is 251 g/mol. The number of aliphatic hydroxyl groups is 1. The lowest BCUT2D eigenvalue weighted by Crippen LogP contribution is -2.59. The summed E-state index contributed by atoms with van der Waals surface area (Å²) in [7, 11) is 0. The molecule has 2 rings (SSSR count). The zero-order valence-electron chi connectivity index (χ0n) is 9.89. The van der Waals surface area contributed by atoms with Crippen LogP contribution in [-0.2, 0) is 0 Å². The Morgan fingerprint density at radius 3 is 2.53 bits per heavy atom. The first-order valence-corrected chi connectivity index (χ1v) is 6.44. The van der Waals surface area contributed by atoms with Crippen LogP contribution in [0.3, 0.4) is 0 Å². The maximum Gasteiger partial charge on any atom is 0.401 e. The second-order valence-corrected chi connectivity index (χ2v) is 5.41. The molecule has 1 unspecified atom stereocenters. The summed E-state index contributed by atoms with van der Waals surface area (Å²) in [4.78, 5) is 0. The van der Waals surface area contributed by atoms with E-state index >= 15 is 0 Å². The Morgan fingerprint density at radius 1 is 1.12 bits per heavy atom. The molecule has 0 radical (unpaired) electrons. The van der Waals surface area contributed by atoms with E-state index in [0.29, 0.717) is 12.8 Å². The van der Waals surface area contributed by atoms with Gasteiger partial charge < -0.3 is 10.4 Å². The molecule has 0 aromatic carbocycles. The Morgan fingerprint density at radius 2 is 1.82 bits per heavy atom. The van der Waals surface area contributed by atoms with E-state index in [2.05, 4.69) is 5.32 Å². The van der Waals surface area contributed by atoms with E-state index < -0.39 is 18.3 Å². The SMILES string of the molecule is O[C@]12CCCC[C@@H]1CCCC2NCC(F)(F)F. The summed E-state index contributed by atoms with van der Waals surface area (Å²) in [5, 5.41) is 13.1. The number of halogens is 3. The second kappa shape index (κ2) is 4.76. The van der Waals surface area contributed by atoms with Gasteiger partial charge >= 0.3 is 6.18 Å². The van der Waals surface area contributed by atoms with Gasteiger partial charge in [0.2, 0.25) is 0 Å². The summed E-state index contributed by atoms with van der Waals surface area (Å²) in [6.07, 6.45) is 1.97. The molecule has 0 spiro atoms. The lowest BCUT2D eigenvalue weighted by molar-refractivity contribution is -0.141. The molecule has 0 amide bonds. The Hall–Kier alpha value is -0.290. The summed E-state index contributed by atoms with van der Waals surface area (Å²) in [5.74, 6) is 0.190.